The van der Waals surface area contributed by atoms with E-state index >= 15 is 0 Å². The Kier molecular flexibility index (Phi) is 9.79. The van der Waals surface area contributed by atoms with Crippen LogP contribution in [0.5, 0.6) is 0 Å². The molecular formula is C20H28F2IN5O. The number of alkyl halides is 2. The van der Waals surface area contributed by atoms with Crippen molar-refractivity contribution < 1.29 is 13.5 Å². The maximum Gasteiger partial charge on any atom is 0.319 e. The van der Waals surface area contributed by atoms with Crippen molar-refractivity contribution in [2.75, 3.05) is 26.2 Å². The number of nitrogens with zero attached hydrogens (tertiary/aromatic N) is 4. The minimum atomic E-state index is -2.60. The van der Waals surface area contributed by atoms with E-state index in [-0.39, 0.29) is 36.3 Å². The number of aromatic nitrogens is 2. The van der Waals surface area contributed by atoms with Crippen LogP contribution in [0, 0.1) is 5.92 Å². The van der Waals surface area contributed by atoms with Crippen LogP contribution in [0.1, 0.15) is 31.3 Å². The van der Waals surface area contributed by atoms with E-state index in [4.69, 9.17) is 4.74 Å². The molecule has 0 aliphatic carbocycles. The molecule has 1 N–H and O–H groups in total. The number of ether oxygens (including phenoxy) is 1. The zero-order chi connectivity index (χ0) is 19.8. The highest BCUT2D eigenvalue weighted by atomic mass is 127. The number of hydrogen-bond donors (Lipinski definition) is 1. The first kappa shape index (κ1) is 23.5. The van der Waals surface area contributed by atoms with Crippen LogP contribution in [-0.2, 0) is 17.9 Å². The second kappa shape index (κ2) is 12.1. The Labute approximate surface area is 187 Å². The van der Waals surface area contributed by atoms with E-state index in [0.29, 0.717) is 25.7 Å². The van der Waals surface area contributed by atoms with E-state index in [1.54, 1.807) is 0 Å². The highest BCUT2D eigenvalue weighted by Crippen LogP contribution is 2.18. The van der Waals surface area contributed by atoms with Crippen molar-refractivity contribution in [2.24, 2.45) is 10.9 Å². The number of benzene rings is 1. The third-order valence-corrected chi connectivity index (χ3v) is 4.71. The molecule has 1 unspecified atom stereocenters. The normalized spacial score (nSPS) is 16.9. The quantitative estimate of drug-likeness (QED) is 0.327. The number of hydrogen-bond acceptors (Lipinski definition) is 3. The van der Waals surface area contributed by atoms with Gasteiger partial charge in [0.2, 0.25) is 0 Å². The Balaban J connectivity index is 0.00000300. The average Bonchev–Trinajstić information content (AvgIpc) is 3.35. The van der Waals surface area contributed by atoms with Gasteiger partial charge in [-0.25, -0.2) is 9.98 Å². The van der Waals surface area contributed by atoms with Crippen molar-refractivity contribution >= 4 is 29.9 Å². The van der Waals surface area contributed by atoms with Crippen LogP contribution in [0.2, 0.25) is 0 Å². The molecule has 0 spiro atoms. The standard InChI is InChI=1S/C20H27F2N5O.HI/c1-2-23-20(25-12-18-24-9-11-27(18)19(21)22)26-10-8-17(13-26)15-28-14-16-6-4-3-5-7-16;/h3-7,9,11,17,19H,2,8,10,12-15H2,1H3,(H,23,25);1H. The molecule has 1 atom stereocenters. The first-order chi connectivity index (χ1) is 13.7. The molecule has 0 amide bonds. The molecule has 29 heavy (non-hydrogen) atoms. The molecule has 1 aromatic carbocycles. The molecular weight excluding hydrogens is 491 g/mol. The molecule has 1 aliphatic rings. The molecule has 2 aromatic rings. The smallest absolute Gasteiger partial charge is 0.319 e. The lowest BCUT2D eigenvalue weighted by molar-refractivity contribution is 0.0671. The van der Waals surface area contributed by atoms with Crippen molar-refractivity contribution in [3.63, 3.8) is 0 Å². The molecule has 0 bridgehead atoms. The number of guanidine groups is 1. The molecule has 2 heterocycles. The fourth-order valence-electron chi connectivity index (χ4n) is 3.29. The van der Waals surface area contributed by atoms with Gasteiger partial charge in [-0.2, -0.15) is 8.78 Å². The number of aliphatic imine (C=N–C) groups is 1. The summed E-state index contributed by atoms with van der Waals surface area (Å²) in [4.78, 5) is 10.7. The molecule has 0 saturated carbocycles. The zero-order valence-corrected chi connectivity index (χ0v) is 18.8. The minimum absolute atomic E-state index is 0. The maximum atomic E-state index is 13.0. The fraction of sp³-hybridized carbons (Fsp3) is 0.500. The largest absolute Gasteiger partial charge is 0.376 e. The molecule has 1 fully saturated rings. The number of halogens is 3. The van der Waals surface area contributed by atoms with E-state index in [0.717, 1.165) is 30.0 Å². The third-order valence-electron chi connectivity index (χ3n) is 4.71. The Morgan fingerprint density at radius 2 is 2.14 bits per heavy atom. The van der Waals surface area contributed by atoms with Gasteiger partial charge in [0.1, 0.15) is 12.4 Å². The van der Waals surface area contributed by atoms with E-state index in [2.05, 4.69) is 32.3 Å². The van der Waals surface area contributed by atoms with Crippen LogP contribution in [0.15, 0.2) is 47.7 Å². The highest BCUT2D eigenvalue weighted by Gasteiger charge is 2.25. The second-order valence-corrected chi connectivity index (χ2v) is 6.80. The van der Waals surface area contributed by atoms with Gasteiger partial charge in [0.05, 0.1) is 13.2 Å². The predicted octanol–water partition coefficient (Wildman–Crippen LogP) is 3.90. The van der Waals surface area contributed by atoms with Gasteiger partial charge in [-0.3, -0.25) is 4.57 Å². The number of imidazole rings is 1. The number of rotatable bonds is 8. The molecule has 1 saturated heterocycles. The zero-order valence-electron chi connectivity index (χ0n) is 16.5. The molecule has 160 valence electrons. The van der Waals surface area contributed by atoms with Gasteiger partial charge in [-0.15, -0.1) is 24.0 Å². The van der Waals surface area contributed by atoms with Crippen molar-refractivity contribution in [1.82, 2.24) is 19.8 Å². The SMILES string of the molecule is CCNC(=NCc1nccn1C(F)F)N1CCC(COCc2ccccc2)C1.I. The molecule has 9 heteroatoms. The van der Waals surface area contributed by atoms with Gasteiger partial charge < -0.3 is 15.0 Å². The molecule has 1 aliphatic heterocycles. The van der Waals surface area contributed by atoms with Gasteiger partial charge >= 0.3 is 6.55 Å². The Morgan fingerprint density at radius 3 is 2.86 bits per heavy atom. The first-order valence-corrected chi connectivity index (χ1v) is 9.62. The Morgan fingerprint density at radius 1 is 1.34 bits per heavy atom. The summed E-state index contributed by atoms with van der Waals surface area (Å²) in [5, 5.41) is 3.25. The van der Waals surface area contributed by atoms with Gasteiger partial charge in [0.25, 0.3) is 0 Å². The van der Waals surface area contributed by atoms with Gasteiger partial charge in [-0.1, -0.05) is 30.3 Å². The third kappa shape index (κ3) is 6.91. The van der Waals surface area contributed by atoms with Crippen molar-refractivity contribution in [3.8, 4) is 0 Å². The second-order valence-electron chi connectivity index (χ2n) is 6.80. The highest BCUT2D eigenvalue weighted by molar-refractivity contribution is 14.0. The molecule has 6 nitrogen and oxygen atoms in total. The number of nitrogens with one attached hydrogen (secondary N) is 1. The van der Waals surface area contributed by atoms with E-state index < -0.39 is 6.55 Å². The van der Waals surface area contributed by atoms with Crippen molar-refractivity contribution in [1.29, 1.82) is 0 Å². The Bertz CT molecular complexity index is 756. The lowest BCUT2D eigenvalue weighted by Gasteiger charge is -2.21. The molecule has 3 rings (SSSR count). The summed E-state index contributed by atoms with van der Waals surface area (Å²) in [6.07, 6.45) is 3.67. The van der Waals surface area contributed by atoms with Crippen LogP contribution in [-0.4, -0.2) is 46.7 Å². The maximum absolute atomic E-state index is 13.0. The van der Waals surface area contributed by atoms with Crippen LogP contribution in [0.4, 0.5) is 8.78 Å². The van der Waals surface area contributed by atoms with Gasteiger partial charge in [-0.05, 0) is 18.9 Å². The molecule has 1 aromatic heterocycles. The summed E-state index contributed by atoms with van der Waals surface area (Å²) >= 11 is 0. The predicted molar refractivity (Wildman–Crippen MR) is 119 cm³/mol. The summed E-state index contributed by atoms with van der Waals surface area (Å²) in [5.41, 5.74) is 1.17. The van der Waals surface area contributed by atoms with Gasteiger partial charge in [0.15, 0.2) is 5.96 Å². The fourth-order valence-corrected chi connectivity index (χ4v) is 3.29. The van der Waals surface area contributed by atoms with Crippen LogP contribution in [0.3, 0.4) is 0 Å². The molecule has 0 radical (unpaired) electrons. The van der Waals surface area contributed by atoms with Crippen molar-refractivity contribution in [2.45, 2.75) is 33.0 Å². The topological polar surface area (TPSA) is 54.7 Å². The van der Waals surface area contributed by atoms with Crippen LogP contribution < -0.4 is 5.32 Å². The summed E-state index contributed by atoms with van der Waals surface area (Å²) in [6.45, 7) is 3.24. The van der Waals surface area contributed by atoms with E-state index in [9.17, 15) is 8.78 Å². The average molecular weight is 519 g/mol. The number of likely N-dealkylation sites (tertiary alicyclic amines) is 1. The summed E-state index contributed by atoms with van der Waals surface area (Å²) in [7, 11) is 0. The van der Waals surface area contributed by atoms with Gasteiger partial charge in [0, 0.05) is 37.9 Å². The van der Waals surface area contributed by atoms with Crippen LogP contribution >= 0.6 is 24.0 Å². The lowest BCUT2D eigenvalue weighted by atomic mass is 10.1. The Hall–Kier alpha value is -1.75. The summed E-state index contributed by atoms with van der Waals surface area (Å²) < 4.78 is 32.6. The minimum Gasteiger partial charge on any atom is -0.376 e. The monoisotopic (exact) mass is 519 g/mol. The van der Waals surface area contributed by atoms with Crippen molar-refractivity contribution in [3.05, 3.63) is 54.1 Å². The van der Waals surface area contributed by atoms with E-state index in [1.165, 1.54) is 18.0 Å². The van der Waals surface area contributed by atoms with Crippen LogP contribution in [0.25, 0.3) is 0 Å². The van der Waals surface area contributed by atoms with E-state index in [1.807, 2.05) is 25.1 Å². The lowest BCUT2D eigenvalue weighted by Crippen LogP contribution is -2.40. The summed E-state index contributed by atoms with van der Waals surface area (Å²) in [6, 6.07) is 10.1. The summed E-state index contributed by atoms with van der Waals surface area (Å²) in [5.74, 6) is 1.42. The first-order valence-electron chi connectivity index (χ1n) is 9.62.